The maximum Gasteiger partial charge on any atom is 0.183 e. The second-order valence-corrected chi connectivity index (χ2v) is 25.3. The standard InChI is InChI=1S/C9H12O2.C8H16.C8H14.C7H14.C6H12O.C6H10O.C6H14O.C6H14.C6H12.C5H12O2.C5H12.C4H10/c1-10-9(11-2)8-6-4-3-5-7-8;2*1-7-3-5-8(2)6-4-7;1-6-3-4-7(2)5-6;2*1-5-3-4-6(2)7-5;1-5-6(2,3)7-4;2*1-3-5-6-4-2;1-5(2,6-3)7-4;1-3-5-4-2;1-3-4-2/h3-7,9H,1-2H3;7-8H,3-6H2,1-2H3;3,5,7-8H,4,6H2,1-2H3;6-7H,3-5H2,1-2H3;5-6H,3-4H2,1-2H3;3-6H,1-2H3;5H2,1-4H3;3-6H2,1-2H3;5-6H,3-4H2,1-2H3;1-4H3;3-5H2,1-2H3;3-4H2,1-2H3/b;;;;;;;;6-5-;;;. The smallest absolute Gasteiger partial charge is 0.183 e. The highest BCUT2D eigenvalue weighted by Crippen LogP contribution is 2.29. The number of benzene rings is 1. The SMILES string of the molecule is CC/C=C\CC.CC1C=CC(C)CC1.CC1C=CC(C)O1.CC1CCC(C)C1.CC1CCC(C)CC1.CC1CCC(C)O1.CCC(C)(C)OC.CCCC.CCCCC.CCCCCC.COC(C)(C)OC.COC(OC)c1ccccc1. The maximum absolute atomic E-state index is 5.36. The lowest BCUT2D eigenvalue weighted by atomic mass is 9.84. The van der Waals surface area contributed by atoms with Crippen LogP contribution < -0.4 is 0 Å². The van der Waals surface area contributed by atoms with Crippen molar-refractivity contribution in [3.63, 3.8) is 0 Å². The first-order valence-electron chi connectivity index (χ1n) is 34.3. The zero-order valence-electron chi connectivity index (χ0n) is 61.3. The molecule has 5 aliphatic rings. The average Bonchev–Trinajstić information content (AvgIpc) is 4.20. The summed E-state index contributed by atoms with van der Waals surface area (Å²) in [4.78, 5) is 0. The Bertz CT molecular complexity index is 1340. The third-order valence-electron chi connectivity index (χ3n) is 15.3. The van der Waals surface area contributed by atoms with Gasteiger partial charge in [-0.05, 0) is 142 Å². The highest BCUT2D eigenvalue weighted by atomic mass is 16.7. The lowest BCUT2D eigenvalue weighted by molar-refractivity contribution is -0.178. The summed E-state index contributed by atoms with van der Waals surface area (Å²) in [5.74, 6) is 5.35. The first kappa shape index (κ1) is 92.3. The Hall–Kier alpha value is -1.84. The highest BCUT2D eigenvalue weighted by molar-refractivity contribution is 5.15. The lowest BCUT2D eigenvalue weighted by Gasteiger charge is -2.22. The molecule has 0 radical (unpaired) electrons. The van der Waals surface area contributed by atoms with Crippen molar-refractivity contribution in [2.24, 2.45) is 35.5 Å². The quantitative estimate of drug-likeness (QED) is 0.0985. The molecule has 1 aromatic carbocycles. The van der Waals surface area contributed by atoms with Crippen LogP contribution in [-0.4, -0.2) is 71.4 Å². The van der Waals surface area contributed by atoms with E-state index in [1.165, 1.54) is 141 Å². The molecule has 1 aromatic rings. The number of methoxy groups -OCH3 is 5. The summed E-state index contributed by atoms with van der Waals surface area (Å²) >= 11 is 0. The van der Waals surface area contributed by atoms with Gasteiger partial charge in [0.15, 0.2) is 12.1 Å². The van der Waals surface area contributed by atoms with Crippen molar-refractivity contribution in [2.45, 2.75) is 349 Å². The van der Waals surface area contributed by atoms with Gasteiger partial charge in [-0.3, -0.25) is 0 Å². The van der Waals surface area contributed by atoms with Crippen LogP contribution in [-0.2, 0) is 33.2 Å². The van der Waals surface area contributed by atoms with Crippen molar-refractivity contribution < 1.29 is 33.2 Å². The van der Waals surface area contributed by atoms with E-state index in [0.717, 1.165) is 47.5 Å². The number of hydrogen-bond donors (Lipinski definition) is 0. The molecule has 0 amide bonds. The zero-order valence-corrected chi connectivity index (χ0v) is 61.3. The minimum atomic E-state index is -0.417. The predicted octanol–water partition coefficient (Wildman–Crippen LogP) is 24.6. The predicted molar refractivity (Wildman–Crippen MR) is 372 cm³/mol. The summed E-state index contributed by atoms with van der Waals surface area (Å²) < 4.78 is 35.6. The van der Waals surface area contributed by atoms with Crippen LogP contribution in [0.5, 0.6) is 0 Å². The van der Waals surface area contributed by atoms with Crippen LogP contribution in [0.2, 0.25) is 0 Å². The summed E-state index contributed by atoms with van der Waals surface area (Å²) in [6.45, 7) is 49.8. The van der Waals surface area contributed by atoms with Gasteiger partial charge in [0.1, 0.15) is 0 Å². The fourth-order valence-corrected chi connectivity index (χ4v) is 8.15. The van der Waals surface area contributed by atoms with Gasteiger partial charge in [0.05, 0.1) is 30.0 Å². The number of rotatable bonds is 15. The van der Waals surface area contributed by atoms with Gasteiger partial charge in [-0.25, -0.2) is 0 Å². The summed E-state index contributed by atoms with van der Waals surface area (Å²) in [5, 5.41) is 0. The van der Waals surface area contributed by atoms with E-state index in [1.54, 1.807) is 35.5 Å². The van der Waals surface area contributed by atoms with Gasteiger partial charge in [0, 0.05) is 41.1 Å². The van der Waals surface area contributed by atoms with Gasteiger partial charge in [-0.1, -0.05) is 267 Å². The van der Waals surface area contributed by atoms with E-state index >= 15 is 0 Å². The van der Waals surface area contributed by atoms with Crippen LogP contribution >= 0.6 is 0 Å². The van der Waals surface area contributed by atoms with Crippen molar-refractivity contribution >= 4 is 0 Å². The molecule has 2 saturated carbocycles. The lowest BCUT2D eigenvalue weighted by Crippen LogP contribution is -2.24. The van der Waals surface area contributed by atoms with Crippen molar-refractivity contribution in [3.8, 4) is 0 Å². The second kappa shape index (κ2) is 66.1. The average molecular weight is 1180 g/mol. The van der Waals surface area contributed by atoms with E-state index in [1.807, 2.05) is 58.0 Å². The normalized spacial score (nSPS) is 23.6. The molecule has 0 bridgehead atoms. The Morgan fingerprint density at radius 2 is 0.795 bits per heavy atom. The molecule has 8 unspecified atom stereocenters. The summed E-state index contributed by atoms with van der Waals surface area (Å²) in [6.07, 6.45) is 45.9. The van der Waals surface area contributed by atoms with Crippen LogP contribution in [0.3, 0.4) is 0 Å². The summed E-state index contributed by atoms with van der Waals surface area (Å²) in [6, 6.07) is 9.82. The molecule has 83 heavy (non-hydrogen) atoms. The van der Waals surface area contributed by atoms with Crippen molar-refractivity contribution in [1.82, 2.24) is 0 Å². The van der Waals surface area contributed by atoms with Crippen LogP contribution in [0.1, 0.15) is 319 Å². The minimum Gasteiger partial charge on any atom is -0.379 e. The molecule has 1 saturated heterocycles. The number of unbranched alkanes of at least 4 members (excludes halogenated alkanes) is 6. The van der Waals surface area contributed by atoms with Crippen molar-refractivity contribution in [3.05, 3.63) is 72.4 Å². The maximum atomic E-state index is 5.36. The molecule has 498 valence electrons. The number of ether oxygens (including phenoxy) is 7. The second-order valence-electron chi connectivity index (χ2n) is 25.3. The zero-order chi connectivity index (χ0) is 64.9. The number of allylic oxidation sites excluding steroid dienone is 4. The topological polar surface area (TPSA) is 64.6 Å². The Balaban J connectivity index is -0.000000196. The minimum absolute atomic E-state index is 0.0833. The molecular weight excluding hydrogens is 1020 g/mol. The van der Waals surface area contributed by atoms with E-state index in [2.05, 4.69) is 168 Å². The first-order chi connectivity index (χ1) is 39.2. The number of hydrogen-bond acceptors (Lipinski definition) is 7. The van der Waals surface area contributed by atoms with Crippen LogP contribution in [0.25, 0.3) is 0 Å². The van der Waals surface area contributed by atoms with Gasteiger partial charge < -0.3 is 33.2 Å². The van der Waals surface area contributed by atoms with Gasteiger partial charge in [0.25, 0.3) is 0 Å². The van der Waals surface area contributed by atoms with E-state index in [0.29, 0.717) is 24.4 Å². The molecule has 7 heteroatoms. The molecular formula is C76H152O7. The molecule has 2 aliphatic heterocycles. The van der Waals surface area contributed by atoms with E-state index in [-0.39, 0.29) is 11.9 Å². The first-order valence-corrected chi connectivity index (χ1v) is 34.3. The Morgan fingerprint density at radius 3 is 0.964 bits per heavy atom. The summed E-state index contributed by atoms with van der Waals surface area (Å²) in [7, 11) is 8.22. The third-order valence-corrected chi connectivity index (χ3v) is 15.3. The molecule has 2 heterocycles. The molecule has 8 atom stereocenters. The molecule has 7 nitrogen and oxygen atoms in total. The Labute approximate surface area is 523 Å². The van der Waals surface area contributed by atoms with Crippen LogP contribution in [0.4, 0.5) is 0 Å². The fraction of sp³-hybridized carbons (Fsp3) is 0.842. The molecule has 6 rings (SSSR count). The van der Waals surface area contributed by atoms with Crippen molar-refractivity contribution in [2.75, 3.05) is 35.5 Å². The molecule has 0 aromatic heterocycles. The molecule has 3 fully saturated rings. The highest BCUT2D eigenvalue weighted by Gasteiger charge is 2.18. The largest absolute Gasteiger partial charge is 0.379 e. The van der Waals surface area contributed by atoms with Gasteiger partial charge in [-0.15, -0.1) is 0 Å². The van der Waals surface area contributed by atoms with Crippen LogP contribution in [0, 0.1) is 35.5 Å². The Morgan fingerprint density at radius 1 is 0.434 bits per heavy atom. The van der Waals surface area contributed by atoms with E-state index in [9.17, 15) is 0 Å². The summed E-state index contributed by atoms with van der Waals surface area (Å²) in [5.41, 5.74) is 1.12. The Kier molecular flexibility index (Phi) is 73.5. The van der Waals surface area contributed by atoms with Gasteiger partial charge in [-0.2, -0.15) is 0 Å². The third kappa shape index (κ3) is 72.5. The van der Waals surface area contributed by atoms with Gasteiger partial charge >= 0.3 is 0 Å². The van der Waals surface area contributed by atoms with Gasteiger partial charge in [0.2, 0.25) is 0 Å². The monoisotopic (exact) mass is 1180 g/mol. The van der Waals surface area contributed by atoms with E-state index in [4.69, 9.17) is 33.2 Å². The van der Waals surface area contributed by atoms with Crippen molar-refractivity contribution in [1.29, 1.82) is 0 Å². The molecule has 0 N–H and O–H groups in total. The fourth-order valence-electron chi connectivity index (χ4n) is 8.15. The molecule has 3 aliphatic carbocycles. The molecule has 0 spiro atoms. The van der Waals surface area contributed by atoms with E-state index < -0.39 is 5.79 Å². The van der Waals surface area contributed by atoms with Crippen LogP contribution in [0.15, 0.2) is 66.8 Å².